The van der Waals surface area contributed by atoms with Gasteiger partial charge in [0, 0.05) is 0 Å². The van der Waals surface area contributed by atoms with Gasteiger partial charge in [0.25, 0.3) is 0 Å². The maximum atomic E-state index is 11.3. The molecule has 0 unspecified atom stereocenters. The van der Waals surface area contributed by atoms with E-state index in [1.54, 1.807) is 0 Å². The molecule has 0 heterocycles. The smallest absolute Gasteiger partial charge is 0.341 e. The van der Waals surface area contributed by atoms with E-state index >= 15 is 0 Å². The first-order chi connectivity index (χ1) is 7.26. The predicted octanol–water partition coefficient (Wildman–Crippen LogP) is 3.62. The molecular weight excluding hydrogens is 188 g/mol. The molecule has 0 bridgehead atoms. The molecule has 0 aliphatic rings. The van der Waals surface area contributed by atoms with E-state index < -0.39 is 0 Å². The highest BCUT2D eigenvalue weighted by Crippen LogP contribution is 2.10. The summed E-state index contributed by atoms with van der Waals surface area (Å²) in [6.07, 6.45) is 8.21. The fourth-order valence-corrected chi connectivity index (χ4v) is 1.31. The molecule has 0 fully saturated rings. The molecule has 0 amide bonds. The number of rotatable bonds is 7. The number of methoxy groups -OCH3 is 1. The van der Waals surface area contributed by atoms with Gasteiger partial charge in [-0.2, -0.15) is 0 Å². The van der Waals surface area contributed by atoms with Crippen molar-refractivity contribution >= 4 is 5.97 Å². The molecule has 0 aromatic carbocycles. The first-order valence-electron chi connectivity index (χ1n) is 5.78. The minimum atomic E-state index is -0.240. The maximum absolute atomic E-state index is 11.3. The molecule has 2 nitrogen and oxygen atoms in total. The summed E-state index contributed by atoms with van der Waals surface area (Å²) in [5.74, 6) is -0.240. The van der Waals surface area contributed by atoms with E-state index in [1.807, 2.05) is 13.0 Å². The molecule has 0 saturated carbocycles. The number of carbonyl (C=O) groups excluding carboxylic acids is 1. The third kappa shape index (κ3) is 6.98. The summed E-state index contributed by atoms with van der Waals surface area (Å²) >= 11 is 0. The first-order valence-corrected chi connectivity index (χ1v) is 5.78. The molecule has 2 heteroatoms. The van der Waals surface area contributed by atoms with Gasteiger partial charge in [0.05, 0.1) is 12.7 Å². The lowest BCUT2D eigenvalue weighted by Gasteiger charge is -2.02. The van der Waals surface area contributed by atoms with E-state index in [-0.39, 0.29) is 5.97 Å². The molecular formula is C13H22O2. The first kappa shape index (κ1) is 14.0. The van der Waals surface area contributed by atoms with Crippen LogP contribution in [0.1, 0.15) is 52.4 Å². The van der Waals surface area contributed by atoms with Crippen molar-refractivity contribution in [3.63, 3.8) is 0 Å². The lowest BCUT2D eigenvalue weighted by Crippen LogP contribution is -2.03. The molecule has 0 N–H and O–H groups in total. The fraction of sp³-hybridized carbons (Fsp3) is 0.692. The number of unbranched alkanes of at least 4 members (excludes halogenated alkanes) is 3. The maximum Gasteiger partial charge on any atom is 0.341 e. The monoisotopic (exact) mass is 210 g/mol. The van der Waals surface area contributed by atoms with Crippen molar-refractivity contribution in [1.29, 1.82) is 0 Å². The topological polar surface area (TPSA) is 26.3 Å². The van der Waals surface area contributed by atoms with Gasteiger partial charge >= 0.3 is 5.97 Å². The second-order valence-corrected chi connectivity index (χ2v) is 3.54. The number of esters is 1. The molecule has 0 aliphatic carbocycles. The minimum Gasteiger partial charge on any atom is -0.465 e. The van der Waals surface area contributed by atoms with Crippen molar-refractivity contribution in [2.75, 3.05) is 7.11 Å². The summed E-state index contributed by atoms with van der Waals surface area (Å²) < 4.78 is 4.71. The number of carbonyl (C=O) groups is 1. The van der Waals surface area contributed by atoms with Crippen LogP contribution in [0.4, 0.5) is 0 Å². The summed E-state index contributed by atoms with van der Waals surface area (Å²) in [5, 5.41) is 0. The molecule has 0 rings (SSSR count). The molecule has 0 aromatic rings. The van der Waals surface area contributed by atoms with Gasteiger partial charge in [-0.05, 0) is 25.3 Å². The Morgan fingerprint density at radius 1 is 1.27 bits per heavy atom. The van der Waals surface area contributed by atoms with Crippen LogP contribution < -0.4 is 0 Å². The Balaban J connectivity index is 4.15. The highest BCUT2D eigenvalue weighted by Gasteiger charge is 2.07. The third-order valence-corrected chi connectivity index (χ3v) is 2.19. The van der Waals surface area contributed by atoms with Gasteiger partial charge in [-0.3, -0.25) is 0 Å². The van der Waals surface area contributed by atoms with Crippen LogP contribution >= 0.6 is 0 Å². The molecule has 0 radical (unpaired) electrons. The molecule has 0 aliphatic heterocycles. The van der Waals surface area contributed by atoms with E-state index in [0.29, 0.717) is 5.57 Å². The second-order valence-electron chi connectivity index (χ2n) is 3.54. The Bertz CT molecular complexity index is 235. The van der Waals surface area contributed by atoms with Gasteiger partial charge in [-0.25, -0.2) is 4.79 Å². The van der Waals surface area contributed by atoms with Crippen molar-refractivity contribution in [2.24, 2.45) is 0 Å². The van der Waals surface area contributed by atoms with E-state index in [1.165, 1.54) is 26.4 Å². The normalized spacial score (nSPS) is 9.27. The van der Waals surface area contributed by atoms with Gasteiger partial charge in [0.2, 0.25) is 0 Å². The zero-order chi connectivity index (χ0) is 11.5. The fourth-order valence-electron chi connectivity index (χ4n) is 1.31. The van der Waals surface area contributed by atoms with Crippen LogP contribution in [0.3, 0.4) is 0 Å². The van der Waals surface area contributed by atoms with Crippen LogP contribution in [0.15, 0.2) is 17.4 Å². The van der Waals surface area contributed by atoms with Gasteiger partial charge in [-0.15, -0.1) is 5.73 Å². The zero-order valence-electron chi connectivity index (χ0n) is 10.1. The molecule has 0 saturated heterocycles. The average Bonchev–Trinajstić information content (AvgIpc) is 2.27. The molecule has 0 spiro atoms. The number of hydrogen-bond acceptors (Lipinski definition) is 2. The van der Waals surface area contributed by atoms with Crippen molar-refractivity contribution in [3.05, 3.63) is 17.4 Å². The largest absolute Gasteiger partial charge is 0.465 e. The predicted molar refractivity (Wildman–Crippen MR) is 62.7 cm³/mol. The number of ether oxygens (including phenoxy) is 1. The average molecular weight is 210 g/mol. The van der Waals surface area contributed by atoms with Crippen LogP contribution in [0.2, 0.25) is 0 Å². The van der Waals surface area contributed by atoms with E-state index in [0.717, 1.165) is 19.3 Å². The van der Waals surface area contributed by atoms with Crippen LogP contribution in [0, 0.1) is 0 Å². The summed E-state index contributed by atoms with van der Waals surface area (Å²) in [6.45, 7) is 4.20. The lowest BCUT2D eigenvalue weighted by molar-refractivity contribution is -0.136. The van der Waals surface area contributed by atoms with Gasteiger partial charge < -0.3 is 4.74 Å². The lowest BCUT2D eigenvalue weighted by atomic mass is 10.1. The van der Waals surface area contributed by atoms with Crippen molar-refractivity contribution in [2.45, 2.75) is 52.4 Å². The van der Waals surface area contributed by atoms with Crippen LogP contribution in [0.5, 0.6) is 0 Å². The highest BCUT2D eigenvalue weighted by molar-refractivity contribution is 5.87. The van der Waals surface area contributed by atoms with E-state index in [2.05, 4.69) is 12.7 Å². The van der Waals surface area contributed by atoms with Crippen LogP contribution in [-0.4, -0.2) is 13.1 Å². The minimum absolute atomic E-state index is 0.240. The molecule has 86 valence electrons. The third-order valence-electron chi connectivity index (χ3n) is 2.19. The quantitative estimate of drug-likeness (QED) is 0.277. The van der Waals surface area contributed by atoms with Crippen molar-refractivity contribution in [1.82, 2.24) is 0 Å². The standard InChI is InChI=1S/C13H22O2/c1-4-6-8-9-11-12(10-7-5-2)13(14)15-3/h7H,4-6,8-9,11H2,1-3H3. The Hall–Kier alpha value is -1.01. The van der Waals surface area contributed by atoms with Crippen LogP contribution in [-0.2, 0) is 9.53 Å². The molecule has 15 heavy (non-hydrogen) atoms. The Morgan fingerprint density at radius 3 is 2.53 bits per heavy atom. The van der Waals surface area contributed by atoms with Crippen molar-refractivity contribution in [3.8, 4) is 0 Å². The van der Waals surface area contributed by atoms with E-state index in [9.17, 15) is 4.79 Å². The van der Waals surface area contributed by atoms with Gasteiger partial charge in [0.15, 0.2) is 0 Å². The molecule has 0 atom stereocenters. The Morgan fingerprint density at radius 2 is 2.00 bits per heavy atom. The molecule has 0 aromatic heterocycles. The summed E-state index contributed by atoms with van der Waals surface area (Å²) in [6, 6.07) is 0. The summed E-state index contributed by atoms with van der Waals surface area (Å²) in [5.41, 5.74) is 3.69. The van der Waals surface area contributed by atoms with Crippen LogP contribution in [0.25, 0.3) is 0 Å². The summed E-state index contributed by atoms with van der Waals surface area (Å²) in [4.78, 5) is 11.3. The SMILES string of the molecule is CCC=C=C(CCCCCC)C(=O)OC. The van der Waals surface area contributed by atoms with Crippen molar-refractivity contribution < 1.29 is 9.53 Å². The summed E-state index contributed by atoms with van der Waals surface area (Å²) in [7, 11) is 1.42. The zero-order valence-corrected chi connectivity index (χ0v) is 10.1. The Kier molecular flexibility index (Phi) is 8.90. The Labute approximate surface area is 93.0 Å². The highest BCUT2D eigenvalue weighted by atomic mass is 16.5. The second kappa shape index (κ2) is 9.54. The van der Waals surface area contributed by atoms with Gasteiger partial charge in [0.1, 0.15) is 0 Å². The van der Waals surface area contributed by atoms with Gasteiger partial charge in [-0.1, -0.05) is 33.1 Å². The van der Waals surface area contributed by atoms with E-state index in [4.69, 9.17) is 4.74 Å². The number of hydrogen-bond donors (Lipinski definition) is 0.